The van der Waals surface area contributed by atoms with Gasteiger partial charge in [0.2, 0.25) is 0 Å². The van der Waals surface area contributed by atoms with Crippen LogP contribution in [-0.4, -0.2) is 5.75 Å². The topological polar surface area (TPSA) is 17.1 Å². The van der Waals surface area contributed by atoms with Crippen molar-refractivity contribution >= 4 is 44.8 Å². The van der Waals surface area contributed by atoms with E-state index in [0.29, 0.717) is 5.02 Å². The van der Waals surface area contributed by atoms with Crippen LogP contribution in [0.4, 0.5) is 0 Å². The van der Waals surface area contributed by atoms with Gasteiger partial charge in [-0.25, -0.2) is 0 Å². The molecule has 0 saturated heterocycles. The largest absolute Gasteiger partial charge is 0.289 e. The summed E-state index contributed by atoms with van der Waals surface area (Å²) in [6.07, 6.45) is 0.911. The molecule has 76 valence electrons. The summed E-state index contributed by atoms with van der Waals surface area (Å²) in [5.41, 5.74) is 1.19. The molecular formula is C11H7ClOS2. The van der Waals surface area contributed by atoms with E-state index in [-0.39, 0.29) is 5.43 Å². The van der Waals surface area contributed by atoms with Gasteiger partial charge in [-0.05, 0) is 24.6 Å². The molecule has 0 spiro atoms. The summed E-state index contributed by atoms with van der Waals surface area (Å²) in [4.78, 5) is 12.1. The number of hydrogen-bond acceptors (Lipinski definition) is 3. The molecule has 3 rings (SSSR count). The fourth-order valence-electron chi connectivity index (χ4n) is 1.76. The van der Waals surface area contributed by atoms with Crippen LogP contribution >= 0.6 is 34.7 Å². The molecule has 0 saturated carbocycles. The molecule has 2 heterocycles. The maximum Gasteiger partial charge on any atom is 0.192 e. The van der Waals surface area contributed by atoms with E-state index in [0.717, 1.165) is 27.8 Å². The highest BCUT2D eigenvalue weighted by Crippen LogP contribution is 2.36. The second kappa shape index (κ2) is 3.51. The Bertz CT molecular complexity index is 603. The zero-order valence-electron chi connectivity index (χ0n) is 7.75. The van der Waals surface area contributed by atoms with E-state index in [2.05, 4.69) is 0 Å². The molecule has 0 unspecified atom stereocenters. The highest BCUT2D eigenvalue weighted by Gasteiger charge is 2.17. The zero-order chi connectivity index (χ0) is 10.4. The molecule has 0 bridgehead atoms. The Balaban J connectivity index is 2.46. The van der Waals surface area contributed by atoms with Crippen molar-refractivity contribution in [3.63, 3.8) is 0 Å². The summed E-state index contributed by atoms with van der Waals surface area (Å²) in [5, 5.41) is 1.51. The van der Waals surface area contributed by atoms with Crippen LogP contribution in [-0.2, 0) is 6.42 Å². The SMILES string of the molecule is O=c1c2c(sc3cc(Cl)ccc13)SCC2. The second-order valence-corrected chi connectivity index (χ2v) is 6.29. The lowest BCUT2D eigenvalue weighted by atomic mass is 10.2. The third-order valence-electron chi connectivity index (χ3n) is 2.50. The third-order valence-corrected chi connectivity index (χ3v) is 5.24. The van der Waals surface area contributed by atoms with Crippen LogP contribution in [0, 0.1) is 0 Å². The molecule has 0 aliphatic carbocycles. The smallest absolute Gasteiger partial charge is 0.192 e. The average Bonchev–Trinajstić information content (AvgIpc) is 2.65. The monoisotopic (exact) mass is 254 g/mol. The van der Waals surface area contributed by atoms with E-state index in [1.807, 2.05) is 12.1 Å². The predicted octanol–water partition coefficient (Wildman–Crippen LogP) is 3.56. The highest BCUT2D eigenvalue weighted by atomic mass is 35.5. The fourth-order valence-corrected chi connectivity index (χ4v) is 4.59. The van der Waals surface area contributed by atoms with Crippen molar-refractivity contribution in [1.82, 2.24) is 0 Å². The predicted molar refractivity (Wildman–Crippen MR) is 67.5 cm³/mol. The van der Waals surface area contributed by atoms with Crippen molar-refractivity contribution < 1.29 is 0 Å². The fraction of sp³-hybridized carbons (Fsp3) is 0.182. The number of fused-ring (bicyclic) bond motifs is 2. The average molecular weight is 255 g/mol. The first-order valence-electron chi connectivity index (χ1n) is 4.64. The molecule has 1 nitrogen and oxygen atoms in total. The van der Waals surface area contributed by atoms with E-state index < -0.39 is 0 Å². The molecule has 0 radical (unpaired) electrons. The lowest BCUT2D eigenvalue weighted by Gasteiger charge is -2.00. The number of rotatable bonds is 0. The van der Waals surface area contributed by atoms with Gasteiger partial charge in [0, 0.05) is 26.4 Å². The van der Waals surface area contributed by atoms with Crippen LogP contribution in [0.25, 0.3) is 10.1 Å². The molecule has 0 N–H and O–H groups in total. The maximum atomic E-state index is 12.1. The van der Waals surface area contributed by atoms with Gasteiger partial charge in [-0.15, -0.1) is 23.1 Å². The summed E-state index contributed by atoms with van der Waals surface area (Å²) >= 11 is 9.38. The van der Waals surface area contributed by atoms with Crippen LogP contribution in [0.2, 0.25) is 5.02 Å². The molecule has 2 aromatic rings. The van der Waals surface area contributed by atoms with Crippen LogP contribution in [0.15, 0.2) is 27.2 Å². The number of thioether (sulfide) groups is 1. The molecule has 15 heavy (non-hydrogen) atoms. The third kappa shape index (κ3) is 1.50. The number of halogens is 1. The van der Waals surface area contributed by atoms with Crippen LogP contribution < -0.4 is 5.43 Å². The van der Waals surface area contributed by atoms with Crippen molar-refractivity contribution in [1.29, 1.82) is 0 Å². The van der Waals surface area contributed by atoms with E-state index >= 15 is 0 Å². The Morgan fingerprint density at radius 3 is 3.07 bits per heavy atom. The Morgan fingerprint density at radius 2 is 2.20 bits per heavy atom. The summed E-state index contributed by atoms with van der Waals surface area (Å²) < 4.78 is 2.18. The van der Waals surface area contributed by atoms with Crippen LogP contribution in [0.1, 0.15) is 5.56 Å². The van der Waals surface area contributed by atoms with Gasteiger partial charge in [-0.1, -0.05) is 11.6 Å². The lowest BCUT2D eigenvalue weighted by molar-refractivity contribution is 1.15. The quantitative estimate of drug-likeness (QED) is 0.715. The molecule has 1 aromatic carbocycles. The standard InChI is InChI=1S/C11H7ClOS2/c12-6-1-2-7-9(5-6)15-11-8(10(7)13)3-4-14-11/h1-2,5H,3-4H2. The van der Waals surface area contributed by atoms with Gasteiger partial charge in [0.15, 0.2) is 5.43 Å². The first-order chi connectivity index (χ1) is 7.25. The Morgan fingerprint density at radius 1 is 1.33 bits per heavy atom. The number of benzene rings is 1. The normalized spacial score (nSPS) is 14.5. The Kier molecular flexibility index (Phi) is 2.27. The van der Waals surface area contributed by atoms with Crippen molar-refractivity contribution in [2.24, 2.45) is 0 Å². The molecule has 0 atom stereocenters. The summed E-state index contributed by atoms with van der Waals surface area (Å²) in [7, 11) is 0. The van der Waals surface area contributed by atoms with Gasteiger partial charge >= 0.3 is 0 Å². The minimum absolute atomic E-state index is 0.195. The summed E-state index contributed by atoms with van der Waals surface area (Å²) in [6, 6.07) is 5.49. The van der Waals surface area contributed by atoms with Gasteiger partial charge in [0.05, 0.1) is 4.21 Å². The van der Waals surface area contributed by atoms with Crippen LogP contribution in [0.3, 0.4) is 0 Å². The summed E-state index contributed by atoms with van der Waals surface area (Å²) in [5.74, 6) is 1.03. The zero-order valence-corrected chi connectivity index (χ0v) is 10.1. The molecule has 0 amide bonds. The highest BCUT2D eigenvalue weighted by molar-refractivity contribution is 8.01. The van der Waals surface area contributed by atoms with Crippen molar-refractivity contribution in [3.8, 4) is 0 Å². The van der Waals surface area contributed by atoms with Gasteiger partial charge in [0.25, 0.3) is 0 Å². The first kappa shape index (κ1) is 9.70. The van der Waals surface area contributed by atoms with E-state index in [1.165, 1.54) is 4.21 Å². The molecule has 1 aromatic heterocycles. The molecule has 1 aliphatic rings. The second-order valence-electron chi connectivity index (χ2n) is 3.44. The maximum absolute atomic E-state index is 12.1. The minimum Gasteiger partial charge on any atom is -0.289 e. The van der Waals surface area contributed by atoms with Gasteiger partial charge < -0.3 is 0 Å². The van der Waals surface area contributed by atoms with Crippen LogP contribution in [0.5, 0.6) is 0 Å². The van der Waals surface area contributed by atoms with Crippen molar-refractivity contribution in [3.05, 3.63) is 39.0 Å². The summed E-state index contributed by atoms with van der Waals surface area (Å²) in [6.45, 7) is 0. The number of hydrogen-bond donors (Lipinski definition) is 0. The van der Waals surface area contributed by atoms with E-state index in [1.54, 1.807) is 29.2 Å². The molecule has 1 aliphatic heterocycles. The van der Waals surface area contributed by atoms with E-state index in [4.69, 9.17) is 11.6 Å². The van der Waals surface area contributed by atoms with Crippen molar-refractivity contribution in [2.75, 3.05) is 5.75 Å². The van der Waals surface area contributed by atoms with Gasteiger partial charge in [-0.3, -0.25) is 4.79 Å². The Hall–Kier alpha value is -0.510. The molecule has 4 heteroatoms. The lowest BCUT2D eigenvalue weighted by Crippen LogP contribution is -2.06. The van der Waals surface area contributed by atoms with E-state index in [9.17, 15) is 4.79 Å². The van der Waals surface area contributed by atoms with Gasteiger partial charge in [-0.2, -0.15) is 0 Å². The Labute approximate surface area is 100 Å². The minimum atomic E-state index is 0.195. The van der Waals surface area contributed by atoms with Crippen molar-refractivity contribution in [2.45, 2.75) is 10.6 Å². The first-order valence-corrected chi connectivity index (χ1v) is 6.82. The molecular weight excluding hydrogens is 248 g/mol. The van der Waals surface area contributed by atoms with Gasteiger partial charge in [0.1, 0.15) is 0 Å². The molecule has 0 fully saturated rings.